The fraction of sp³-hybridized carbons (Fsp3) is 0.125. The minimum atomic E-state index is 0.796. The predicted octanol–water partition coefficient (Wildman–Crippen LogP) is 3.91. The van der Waals surface area contributed by atoms with E-state index in [1.54, 1.807) is 0 Å². The van der Waals surface area contributed by atoms with Gasteiger partial charge in [0.1, 0.15) is 0 Å². The van der Waals surface area contributed by atoms with E-state index < -0.39 is 0 Å². The molecule has 0 N–H and O–H groups in total. The summed E-state index contributed by atoms with van der Waals surface area (Å²) in [6, 6.07) is 16.4. The summed E-state index contributed by atoms with van der Waals surface area (Å²) in [5.41, 5.74) is 4.33. The fourth-order valence-electron chi connectivity index (χ4n) is 2.11. The predicted molar refractivity (Wildman–Crippen MR) is 74.4 cm³/mol. The molecule has 0 aliphatic heterocycles. The fourth-order valence-corrected chi connectivity index (χ4v) is 2.11. The van der Waals surface area contributed by atoms with Gasteiger partial charge in [-0.05, 0) is 26.0 Å². The Labute approximate surface area is 106 Å². The second-order valence-corrected chi connectivity index (χ2v) is 4.52. The van der Waals surface area contributed by atoms with Crippen LogP contribution in [0.4, 0.5) is 0 Å². The molecule has 0 bridgehead atoms. The number of nitrogens with zero attached hydrogens (tertiary/aromatic N) is 2. The van der Waals surface area contributed by atoms with Crippen LogP contribution in [0.3, 0.4) is 0 Å². The lowest BCUT2D eigenvalue weighted by atomic mass is 10.1. The molecule has 2 nitrogen and oxygen atoms in total. The van der Waals surface area contributed by atoms with E-state index in [9.17, 15) is 0 Å². The van der Waals surface area contributed by atoms with Crippen molar-refractivity contribution in [3.8, 4) is 11.4 Å². The van der Waals surface area contributed by atoms with Gasteiger partial charge in [-0.3, -0.25) is 0 Å². The summed E-state index contributed by atoms with van der Waals surface area (Å²) in [5.74, 6) is 0.796. The Morgan fingerprint density at radius 3 is 2.39 bits per heavy atom. The zero-order valence-electron chi connectivity index (χ0n) is 10.5. The molecule has 3 aromatic rings. The third-order valence-electron chi connectivity index (χ3n) is 3.07. The first kappa shape index (κ1) is 10.9. The van der Waals surface area contributed by atoms with Crippen LogP contribution in [-0.2, 0) is 0 Å². The Morgan fingerprint density at radius 1 is 0.833 bits per heavy atom. The zero-order valence-corrected chi connectivity index (χ0v) is 10.5. The molecule has 0 saturated carbocycles. The number of hydrogen-bond donors (Lipinski definition) is 0. The maximum absolute atomic E-state index is 4.64. The van der Waals surface area contributed by atoms with Gasteiger partial charge in [0.05, 0.1) is 5.52 Å². The van der Waals surface area contributed by atoms with Gasteiger partial charge in [-0.15, -0.1) is 0 Å². The van der Waals surface area contributed by atoms with Gasteiger partial charge in [0, 0.05) is 16.6 Å². The lowest BCUT2D eigenvalue weighted by Crippen LogP contribution is -1.94. The standard InChI is InChI=1S/C16H14N2/c1-11-8-9-15-14(10-11)12(2)17-16(18-15)13-6-4-3-5-7-13/h3-10H,1-2H3. The summed E-state index contributed by atoms with van der Waals surface area (Å²) in [4.78, 5) is 9.24. The highest BCUT2D eigenvalue weighted by Crippen LogP contribution is 2.21. The molecule has 1 aromatic heterocycles. The molecule has 18 heavy (non-hydrogen) atoms. The van der Waals surface area contributed by atoms with Crippen LogP contribution in [0.2, 0.25) is 0 Å². The zero-order chi connectivity index (χ0) is 12.5. The molecule has 0 saturated heterocycles. The van der Waals surface area contributed by atoms with E-state index in [4.69, 9.17) is 0 Å². The normalized spacial score (nSPS) is 10.8. The van der Waals surface area contributed by atoms with Gasteiger partial charge in [-0.1, -0.05) is 42.0 Å². The van der Waals surface area contributed by atoms with Crippen molar-refractivity contribution >= 4 is 10.9 Å². The van der Waals surface area contributed by atoms with Crippen molar-refractivity contribution in [2.45, 2.75) is 13.8 Å². The molecule has 2 aromatic carbocycles. The molecule has 1 heterocycles. The molecule has 0 atom stereocenters. The topological polar surface area (TPSA) is 25.8 Å². The van der Waals surface area contributed by atoms with E-state index >= 15 is 0 Å². The van der Waals surface area contributed by atoms with E-state index in [-0.39, 0.29) is 0 Å². The van der Waals surface area contributed by atoms with E-state index in [0.29, 0.717) is 0 Å². The van der Waals surface area contributed by atoms with Crippen LogP contribution in [0.1, 0.15) is 11.3 Å². The van der Waals surface area contributed by atoms with Crippen LogP contribution < -0.4 is 0 Å². The molecule has 0 unspecified atom stereocenters. The molecular weight excluding hydrogens is 220 g/mol. The van der Waals surface area contributed by atoms with Crippen LogP contribution in [-0.4, -0.2) is 9.97 Å². The average molecular weight is 234 g/mol. The maximum Gasteiger partial charge on any atom is 0.160 e. The second-order valence-electron chi connectivity index (χ2n) is 4.52. The maximum atomic E-state index is 4.64. The summed E-state index contributed by atoms with van der Waals surface area (Å²) in [7, 11) is 0. The minimum absolute atomic E-state index is 0.796. The highest BCUT2D eigenvalue weighted by Gasteiger charge is 2.06. The number of aromatic nitrogens is 2. The minimum Gasteiger partial charge on any atom is -0.233 e. The molecule has 88 valence electrons. The average Bonchev–Trinajstić information content (AvgIpc) is 2.40. The highest BCUT2D eigenvalue weighted by atomic mass is 14.9. The van der Waals surface area contributed by atoms with Crippen molar-refractivity contribution < 1.29 is 0 Å². The summed E-state index contributed by atoms with van der Waals surface area (Å²) in [5, 5.41) is 1.13. The Morgan fingerprint density at radius 2 is 1.61 bits per heavy atom. The Hall–Kier alpha value is -2.22. The molecule has 0 amide bonds. The van der Waals surface area contributed by atoms with Crippen LogP contribution in [0.15, 0.2) is 48.5 Å². The lowest BCUT2D eigenvalue weighted by molar-refractivity contribution is 1.16. The quantitative estimate of drug-likeness (QED) is 0.638. The first-order chi connectivity index (χ1) is 8.74. The Bertz CT molecular complexity index is 703. The van der Waals surface area contributed by atoms with Crippen molar-refractivity contribution in [2.24, 2.45) is 0 Å². The van der Waals surface area contributed by atoms with Crippen LogP contribution in [0.5, 0.6) is 0 Å². The van der Waals surface area contributed by atoms with Gasteiger partial charge in [0.25, 0.3) is 0 Å². The van der Waals surface area contributed by atoms with Gasteiger partial charge < -0.3 is 0 Å². The summed E-state index contributed by atoms with van der Waals surface area (Å²) in [6.07, 6.45) is 0. The van der Waals surface area contributed by atoms with Crippen molar-refractivity contribution in [2.75, 3.05) is 0 Å². The third kappa shape index (κ3) is 1.86. The molecule has 0 fully saturated rings. The molecule has 0 radical (unpaired) electrons. The molecule has 2 heteroatoms. The monoisotopic (exact) mass is 234 g/mol. The first-order valence-corrected chi connectivity index (χ1v) is 6.04. The Balaban J connectivity index is 2.25. The molecule has 0 aliphatic rings. The summed E-state index contributed by atoms with van der Waals surface area (Å²) >= 11 is 0. The number of rotatable bonds is 1. The van der Waals surface area contributed by atoms with Gasteiger partial charge in [-0.2, -0.15) is 0 Å². The highest BCUT2D eigenvalue weighted by molar-refractivity contribution is 5.83. The summed E-state index contributed by atoms with van der Waals surface area (Å²) < 4.78 is 0. The van der Waals surface area contributed by atoms with Crippen LogP contribution in [0.25, 0.3) is 22.3 Å². The number of fused-ring (bicyclic) bond motifs is 1. The molecule has 0 aliphatic carbocycles. The van der Waals surface area contributed by atoms with Crippen molar-refractivity contribution in [3.63, 3.8) is 0 Å². The third-order valence-corrected chi connectivity index (χ3v) is 3.07. The number of aryl methyl sites for hydroxylation is 2. The second kappa shape index (κ2) is 4.22. The first-order valence-electron chi connectivity index (χ1n) is 6.04. The van der Waals surface area contributed by atoms with Gasteiger partial charge >= 0.3 is 0 Å². The van der Waals surface area contributed by atoms with Gasteiger partial charge in [0.2, 0.25) is 0 Å². The number of hydrogen-bond acceptors (Lipinski definition) is 2. The molecule has 3 rings (SSSR count). The Kier molecular flexibility index (Phi) is 2.56. The lowest BCUT2D eigenvalue weighted by Gasteiger charge is -2.06. The summed E-state index contributed by atoms with van der Waals surface area (Å²) in [6.45, 7) is 4.12. The van der Waals surface area contributed by atoms with Crippen LogP contribution >= 0.6 is 0 Å². The van der Waals surface area contributed by atoms with E-state index in [1.807, 2.05) is 37.3 Å². The van der Waals surface area contributed by atoms with Crippen molar-refractivity contribution in [1.29, 1.82) is 0 Å². The van der Waals surface area contributed by atoms with Crippen molar-refractivity contribution in [1.82, 2.24) is 9.97 Å². The van der Waals surface area contributed by atoms with E-state index in [0.717, 1.165) is 28.0 Å². The number of benzene rings is 2. The molecule has 0 spiro atoms. The van der Waals surface area contributed by atoms with Crippen molar-refractivity contribution in [3.05, 3.63) is 59.8 Å². The van der Waals surface area contributed by atoms with Crippen LogP contribution in [0, 0.1) is 13.8 Å². The van der Waals surface area contributed by atoms with E-state index in [1.165, 1.54) is 5.56 Å². The molecular formula is C16H14N2. The smallest absolute Gasteiger partial charge is 0.160 e. The SMILES string of the molecule is Cc1ccc2nc(-c3ccccc3)nc(C)c2c1. The largest absolute Gasteiger partial charge is 0.233 e. The van der Waals surface area contributed by atoms with E-state index in [2.05, 4.69) is 35.1 Å². The van der Waals surface area contributed by atoms with Gasteiger partial charge in [-0.25, -0.2) is 9.97 Å². The van der Waals surface area contributed by atoms with Gasteiger partial charge in [0.15, 0.2) is 5.82 Å².